The van der Waals surface area contributed by atoms with Crippen molar-refractivity contribution in [2.75, 3.05) is 0 Å². The van der Waals surface area contributed by atoms with Crippen LogP contribution in [0, 0.1) is 10.1 Å². The van der Waals surface area contributed by atoms with Crippen LogP contribution in [-0.4, -0.2) is 15.8 Å². The summed E-state index contributed by atoms with van der Waals surface area (Å²) >= 11 is 0. The SMILES string of the molecule is O=[N+]([O-])[C@]1(O)C=Cc2ccccc2C1. The Labute approximate surface area is 80.6 Å². The Kier molecular flexibility index (Phi) is 1.86. The van der Waals surface area contributed by atoms with Crippen LogP contribution in [0.3, 0.4) is 0 Å². The van der Waals surface area contributed by atoms with Crippen LogP contribution in [0.5, 0.6) is 0 Å². The molecule has 0 bridgehead atoms. The van der Waals surface area contributed by atoms with Gasteiger partial charge in [-0.1, -0.05) is 24.3 Å². The Balaban J connectivity index is 2.43. The number of fused-ring (bicyclic) bond motifs is 1. The van der Waals surface area contributed by atoms with Gasteiger partial charge >= 0.3 is 5.72 Å². The maximum Gasteiger partial charge on any atom is 0.346 e. The number of nitrogens with zero attached hydrogens (tertiary/aromatic N) is 1. The summed E-state index contributed by atoms with van der Waals surface area (Å²) in [6.07, 6.45) is 2.85. The largest absolute Gasteiger partial charge is 0.346 e. The summed E-state index contributed by atoms with van der Waals surface area (Å²) in [6, 6.07) is 7.32. The van der Waals surface area contributed by atoms with Crippen LogP contribution in [0.15, 0.2) is 30.3 Å². The molecule has 1 N–H and O–H groups in total. The lowest BCUT2D eigenvalue weighted by Gasteiger charge is -2.20. The Morgan fingerprint density at radius 2 is 2.14 bits per heavy atom. The zero-order valence-corrected chi connectivity index (χ0v) is 7.38. The van der Waals surface area contributed by atoms with Gasteiger partial charge in [0.15, 0.2) is 0 Å². The van der Waals surface area contributed by atoms with E-state index in [1.807, 2.05) is 12.1 Å². The molecule has 14 heavy (non-hydrogen) atoms. The Bertz CT molecular complexity index is 414. The zero-order valence-electron chi connectivity index (χ0n) is 7.38. The van der Waals surface area contributed by atoms with E-state index in [4.69, 9.17) is 0 Å². The molecule has 1 aromatic carbocycles. The van der Waals surface area contributed by atoms with Crippen molar-refractivity contribution in [2.24, 2.45) is 0 Å². The van der Waals surface area contributed by atoms with Crippen LogP contribution in [-0.2, 0) is 6.42 Å². The summed E-state index contributed by atoms with van der Waals surface area (Å²) in [5.74, 6) is 0. The topological polar surface area (TPSA) is 63.4 Å². The summed E-state index contributed by atoms with van der Waals surface area (Å²) in [5, 5.41) is 20.2. The van der Waals surface area contributed by atoms with Crippen molar-refractivity contribution in [3.63, 3.8) is 0 Å². The molecule has 4 heteroatoms. The molecule has 1 aliphatic rings. The molecule has 0 saturated heterocycles. The molecule has 0 spiro atoms. The van der Waals surface area contributed by atoms with Crippen LogP contribution in [0.25, 0.3) is 6.08 Å². The predicted molar refractivity (Wildman–Crippen MR) is 51.1 cm³/mol. The maximum absolute atomic E-state index is 10.6. The van der Waals surface area contributed by atoms with E-state index in [0.29, 0.717) is 0 Å². The zero-order chi connectivity index (χ0) is 10.2. The van der Waals surface area contributed by atoms with Crippen LogP contribution in [0.1, 0.15) is 11.1 Å². The van der Waals surface area contributed by atoms with Crippen LogP contribution in [0.2, 0.25) is 0 Å². The number of aliphatic hydroxyl groups is 1. The van der Waals surface area contributed by atoms with Gasteiger partial charge in [0, 0.05) is 6.08 Å². The molecule has 72 valence electrons. The highest BCUT2D eigenvalue weighted by Gasteiger charge is 2.39. The molecular weight excluding hydrogens is 182 g/mol. The molecule has 0 heterocycles. The number of hydrogen-bond acceptors (Lipinski definition) is 3. The van der Waals surface area contributed by atoms with E-state index >= 15 is 0 Å². The van der Waals surface area contributed by atoms with Gasteiger partial charge in [0.1, 0.15) is 0 Å². The normalized spacial score (nSPS) is 24.4. The lowest BCUT2D eigenvalue weighted by Crippen LogP contribution is -2.39. The average molecular weight is 191 g/mol. The summed E-state index contributed by atoms with van der Waals surface area (Å²) in [4.78, 5) is 9.92. The molecule has 0 radical (unpaired) electrons. The summed E-state index contributed by atoms with van der Waals surface area (Å²) in [7, 11) is 0. The van der Waals surface area contributed by atoms with Gasteiger partial charge in [0.25, 0.3) is 0 Å². The first kappa shape index (κ1) is 8.90. The number of rotatable bonds is 1. The molecule has 1 atom stereocenters. The molecule has 0 unspecified atom stereocenters. The van der Waals surface area contributed by atoms with Crippen LogP contribution < -0.4 is 0 Å². The van der Waals surface area contributed by atoms with Gasteiger partial charge in [-0.2, -0.15) is 0 Å². The summed E-state index contributed by atoms with van der Waals surface area (Å²) in [6.45, 7) is 0. The quantitative estimate of drug-likeness (QED) is 0.412. The maximum atomic E-state index is 10.6. The van der Waals surface area contributed by atoms with Crippen molar-refractivity contribution in [1.82, 2.24) is 0 Å². The van der Waals surface area contributed by atoms with Gasteiger partial charge in [-0.3, -0.25) is 10.1 Å². The minimum absolute atomic E-state index is 0.0344. The minimum Gasteiger partial charge on any atom is -0.327 e. The smallest absolute Gasteiger partial charge is 0.327 e. The highest BCUT2D eigenvalue weighted by atomic mass is 16.7. The van der Waals surface area contributed by atoms with Crippen molar-refractivity contribution >= 4 is 6.08 Å². The first-order valence-corrected chi connectivity index (χ1v) is 4.26. The number of benzene rings is 1. The third kappa shape index (κ3) is 1.29. The van der Waals surface area contributed by atoms with Crippen molar-refractivity contribution in [2.45, 2.75) is 12.1 Å². The molecule has 0 aromatic heterocycles. The molecule has 2 rings (SSSR count). The van der Waals surface area contributed by atoms with E-state index in [1.165, 1.54) is 6.08 Å². The lowest BCUT2D eigenvalue weighted by atomic mass is 9.92. The third-order valence-corrected chi connectivity index (χ3v) is 2.35. The summed E-state index contributed by atoms with van der Waals surface area (Å²) in [5.41, 5.74) is -0.206. The van der Waals surface area contributed by atoms with E-state index in [-0.39, 0.29) is 6.42 Å². The van der Waals surface area contributed by atoms with E-state index in [0.717, 1.165) is 11.1 Å². The van der Waals surface area contributed by atoms with E-state index in [1.54, 1.807) is 18.2 Å². The second-order valence-electron chi connectivity index (χ2n) is 3.34. The monoisotopic (exact) mass is 191 g/mol. The molecule has 0 amide bonds. The van der Waals surface area contributed by atoms with Gasteiger partial charge in [-0.15, -0.1) is 0 Å². The molecule has 0 saturated carbocycles. The molecule has 0 aliphatic heterocycles. The van der Waals surface area contributed by atoms with Crippen LogP contribution in [0.4, 0.5) is 0 Å². The van der Waals surface area contributed by atoms with E-state index in [9.17, 15) is 15.2 Å². The second kappa shape index (κ2) is 2.92. The van der Waals surface area contributed by atoms with E-state index < -0.39 is 10.6 Å². The van der Waals surface area contributed by atoms with Crippen LogP contribution >= 0.6 is 0 Å². The van der Waals surface area contributed by atoms with Crippen molar-refractivity contribution in [3.05, 3.63) is 51.6 Å². The fourth-order valence-electron chi connectivity index (χ4n) is 1.55. The predicted octanol–water partition coefficient (Wildman–Crippen LogP) is 1.22. The van der Waals surface area contributed by atoms with Gasteiger partial charge in [0.05, 0.1) is 11.3 Å². The van der Waals surface area contributed by atoms with Gasteiger partial charge in [0.2, 0.25) is 0 Å². The lowest BCUT2D eigenvalue weighted by molar-refractivity contribution is -0.607. The van der Waals surface area contributed by atoms with Gasteiger partial charge < -0.3 is 5.11 Å². The fraction of sp³-hybridized carbons (Fsp3) is 0.200. The van der Waals surface area contributed by atoms with Crippen molar-refractivity contribution in [1.29, 1.82) is 0 Å². The summed E-state index contributed by atoms with van der Waals surface area (Å²) < 4.78 is 0. The Morgan fingerprint density at radius 1 is 1.43 bits per heavy atom. The first-order chi connectivity index (χ1) is 6.62. The molecule has 4 nitrogen and oxygen atoms in total. The second-order valence-corrected chi connectivity index (χ2v) is 3.34. The Hall–Kier alpha value is -1.68. The fourth-order valence-corrected chi connectivity index (χ4v) is 1.55. The van der Waals surface area contributed by atoms with Gasteiger partial charge in [-0.05, 0) is 17.2 Å². The van der Waals surface area contributed by atoms with Crippen molar-refractivity contribution in [3.8, 4) is 0 Å². The standard InChI is InChI=1S/C10H9NO3/c12-10(11(13)14)6-5-8-3-1-2-4-9(8)7-10/h1-6,12H,7H2/t10-/m0/s1. The molecular formula is C10H9NO3. The molecule has 0 fully saturated rings. The highest BCUT2D eigenvalue weighted by molar-refractivity contribution is 5.57. The Morgan fingerprint density at radius 3 is 2.86 bits per heavy atom. The third-order valence-electron chi connectivity index (χ3n) is 2.35. The number of nitro groups is 1. The van der Waals surface area contributed by atoms with Gasteiger partial charge in [-0.25, -0.2) is 0 Å². The van der Waals surface area contributed by atoms with E-state index in [2.05, 4.69) is 0 Å². The highest BCUT2D eigenvalue weighted by Crippen LogP contribution is 2.25. The first-order valence-electron chi connectivity index (χ1n) is 4.26. The minimum atomic E-state index is -1.94. The molecule has 1 aromatic rings. The molecule has 1 aliphatic carbocycles. The van der Waals surface area contributed by atoms with Crippen molar-refractivity contribution < 1.29 is 10.0 Å². The average Bonchev–Trinajstić information content (AvgIpc) is 2.17. The number of hydrogen-bond donors (Lipinski definition) is 1.